The molecule has 1 aromatic heterocycles. The monoisotopic (exact) mass is 224 g/mol. The van der Waals surface area contributed by atoms with Crippen LogP contribution in [-0.4, -0.2) is 12.0 Å². The smallest absolute Gasteiger partial charge is 0.232 e. The van der Waals surface area contributed by atoms with Crippen LogP contribution < -0.4 is 5.32 Å². The molecule has 1 N–H and O–H groups in total. The van der Waals surface area contributed by atoms with Crippen LogP contribution in [0.15, 0.2) is 28.9 Å². The van der Waals surface area contributed by atoms with Gasteiger partial charge < -0.3 is 9.73 Å². The molecule has 0 radical (unpaired) electrons. The molecular weight excluding hydrogens is 214 g/mol. The van der Waals surface area contributed by atoms with Crippen LogP contribution in [0.3, 0.4) is 0 Å². The van der Waals surface area contributed by atoms with E-state index in [0.717, 1.165) is 0 Å². The molecule has 84 valence electrons. The van der Waals surface area contributed by atoms with Crippen molar-refractivity contribution in [2.75, 3.05) is 7.05 Å². The van der Waals surface area contributed by atoms with Gasteiger partial charge in [0, 0.05) is 6.54 Å². The second kappa shape index (κ2) is 4.40. The van der Waals surface area contributed by atoms with Gasteiger partial charge in [-0.25, -0.2) is 13.8 Å². The zero-order chi connectivity index (χ0) is 11.5. The summed E-state index contributed by atoms with van der Waals surface area (Å²) in [4.78, 5) is 3.98. The van der Waals surface area contributed by atoms with E-state index < -0.39 is 11.6 Å². The Labute approximate surface area is 91.1 Å². The van der Waals surface area contributed by atoms with E-state index in [1.54, 1.807) is 7.05 Å². The van der Waals surface area contributed by atoms with E-state index in [9.17, 15) is 8.78 Å². The topological polar surface area (TPSA) is 38.1 Å². The van der Waals surface area contributed by atoms with Crippen LogP contribution >= 0.6 is 0 Å². The van der Waals surface area contributed by atoms with E-state index >= 15 is 0 Å². The largest absolute Gasteiger partial charge is 0.444 e. The van der Waals surface area contributed by atoms with Crippen molar-refractivity contribution in [2.45, 2.75) is 6.54 Å². The van der Waals surface area contributed by atoms with Gasteiger partial charge in [-0.15, -0.1) is 0 Å². The van der Waals surface area contributed by atoms with Crippen molar-refractivity contribution in [1.29, 1.82) is 0 Å². The van der Waals surface area contributed by atoms with Crippen LogP contribution in [-0.2, 0) is 6.54 Å². The first-order chi connectivity index (χ1) is 7.72. The number of hydrogen-bond acceptors (Lipinski definition) is 3. The van der Waals surface area contributed by atoms with Gasteiger partial charge in [0.1, 0.15) is 23.5 Å². The van der Waals surface area contributed by atoms with Crippen molar-refractivity contribution in [2.24, 2.45) is 0 Å². The fraction of sp³-hybridized carbons (Fsp3) is 0.182. The summed E-state index contributed by atoms with van der Waals surface area (Å²) in [5.74, 6) is -1.41. The molecule has 3 nitrogen and oxygen atoms in total. The van der Waals surface area contributed by atoms with Gasteiger partial charge in [0.25, 0.3) is 0 Å². The number of rotatable bonds is 3. The van der Waals surface area contributed by atoms with E-state index in [0.29, 0.717) is 12.2 Å². The number of halogens is 2. The molecule has 0 aliphatic carbocycles. The quantitative estimate of drug-likeness (QED) is 0.869. The minimum atomic E-state index is -0.683. The van der Waals surface area contributed by atoms with Crippen molar-refractivity contribution < 1.29 is 13.2 Å². The van der Waals surface area contributed by atoms with E-state index in [1.165, 1.54) is 24.5 Å². The van der Waals surface area contributed by atoms with Gasteiger partial charge in [0.15, 0.2) is 0 Å². The minimum Gasteiger partial charge on any atom is -0.444 e. The fourth-order valence-electron chi connectivity index (χ4n) is 1.39. The van der Waals surface area contributed by atoms with Gasteiger partial charge in [-0.05, 0) is 19.2 Å². The summed E-state index contributed by atoms with van der Waals surface area (Å²) in [7, 11) is 1.75. The summed E-state index contributed by atoms with van der Waals surface area (Å²) in [6, 6.07) is 3.63. The molecule has 0 atom stereocenters. The molecule has 0 unspecified atom stereocenters. The third-order valence-electron chi connectivity index (χ3n) is 2.09. The lowest BCUT2D eigenvalue weighted by molar-refractivity contribution is 0.541. The number of hydrogen-bond donors (Lipinski definition) is 1. The zero-order valence-corrected chi connectivity index (χ0v) is 8.63. The van der Waals surface area contributed by atoms with Crippen molar-refractivity contribution >= 4 is 0 Å². The van der Waals surface area contributed by atoms with E-state index in [4.69, 9.17) is 4.42 Å². The number of benzene rings is 1. The van der Waals surface area contributed by atoms with Crippen LogP contribution in [0.4, 0.5) is 8.78 Å². The molecular formula is C11H10F2N2O. The van der Waals surface area contributed by atoms with E-state index in [1.807, 2.05) is 0 Å². The predicted molar refractivity (Wildman–Crippen MR) is 54.6 cm³/mol. The van der Waals surface area contributed by atoms with Crippen molar-refractivity contribution in [3.05, 3.63) is 41.8 Å². The maximum absolute atomic E-state index is 13.4. The molecule has 0 saturated heterocycles. The van der Waals surface area contributed by atoms with E-state index in [-0.39, 0.29) is 11.5 Å². The summed E-state index contributed by atoms with van der Waals surface area (Å²) in [6.07, 6.45) is 1.37. The first-order valence-electron chi connectivity index (χ1n) is 4.75. The molecule has 0 amide bonds. The van der Waals surface area contributed by atoms with Crippen LogP contribution in [0.5, 0.6) is 0 Å². The van der Waals surface area contributed by atoms with Gasteiger partial charge in [-0.3, -0.25) is 0 Å². The summed E-state index contributed by atoms with van der Waals surface area (Å²) < 4.78 is 31.8. The highest BCUT2D eigenvalue weighted by atomic mass is 19.1. The Balaban J connectivity index is 2.42. The van der Waals surface area contributed by atoms with Gasteiger partial charge >= 0.3 is 0 Å². The zero-order valence-electron chi connectivity index (χ0n) is 8.63. The molecule has 1 heterocycles. The van der Waals surface area contributed by atoms with E-state index in [2.05, 4.69) is 10.3 Å². The Kier molecular flexibility index (Phi) is 2.96. The molecule has 0 bridgehead atoms. The average Bonchev–Trinajstić information content (AvgIpc) is 2.67. The lowest BCUT2D eigenvalue weighted by atomic mass is 10.2. The van der Waals surface area contributed by atoms with Crippen LogP contribution in [0, 0.1) is 11.6 Å². The van der Waals surface area contributed by atoms with Gasteiger partial charge in [0.2, 0.25) is 5.89 Å². The van der Waals surface area contributed by atoms with Crippen LogP contribution in [0.1, 0.15) is 5.69 Å². The predicted octanol–water partition coefficient (Wildman–Crippen LogP) is 2.34. The summed E-state index contributed by atoms with van der Waals surface area (Å²) in [5.41, 5.74) is 0.366. The second-order valence-electron chi connectivity index (χ2n) is 3.27. The normalized spacial score (nSPS) is 10.7. The highest BCUT2D eigenvalue weighted by molar-refractivity contribution is 5.55. The van der Waals surface area contributed by atoms with Crippen molar-refractivity contribution in [3.63, 3.8) is 0 Å². The van der Waals surface area contributed by atoms with Gasteiger partial charge in [0.05, 0.1) is 5.69 Å². The maximum Gasteiger partial charge on any atom is 0.232 e. The second-order valence-corrected chi connectivity index (χ2v) is 3.27. The molecule has 0 spiro atoms. The van der Waals surface area contributed by atoms with Crippen molar-refractivity contribution in [3.8, 4) is 11.5 Å². The molecule has 0 aliphatic heterocycles. The Morgan fingerprint density at radius 2 is 2.00 bits per heavy atom. The molecule has 0 aliphatic rings. The lowest BCUT2D eigenvalue weighted by Crippen LogP contribution is -2.05. The van der Waals surface area contributed by atoms with Crippen molar-refractivity contribution in [1.82, 2.24) is 10.3 Å². The number of aromatic nitrogens is 1. The minimum absolute atomic E-state index is 0.0409. The molecule has 2 aromatic rings. The standard InChI is InChI=1S/C11H10F2N2O/c1-14-5-7-6-16-11(15-7)10-8(12)3-2-4-9(10)13/h2-4,6,14H,5H2,1H3. The number of oxazole rings is 1. The lowest BCUT2D eigenvalue weighted by Gasteiger charge is -1.98. The Morgan fingerprint density at radius 3 is 2.62 bits per heavy atom. The summed E-state index contributed by atoms with van der Waals surface area (Å²) in [6.45, 7) is 0.486. The maximum atomic E-state index is 13.4. The highest BCUT2D eigenvalue weighted by Gasteiger charge is 2.16. The Hall–Kier alpha value is -1.75. The third kappa shape index (κ3) is 1.94. The molecule has 0 saturated carbocycles. The van der Waals surface area contributed by atoms with Crippen LogP contribution in [0.2, 0.25) is 0 Å². The van der Waals surface area contributed by atoms with Gasteiger partial charge in [-0.1, -0.05) is 6.07 Å². The highest BCUT2D eigenvalue weighted by Crippen LogP contribution is 2.24. The molecule has 2 rings (SSSR count). The Morgan fingerprint density at radius 1 is 1.31 bits per heavy atom. The number of nitrogens with zero attached hydrogens (tertiary/aromatic N) is 1. The molecule has 1 aromatic carbocycles. The average molecular weight is 224 g/mol. The first-order valence-corrected chi connectivity index (χ1v) is 4.75. The third-order valence-corrected chi connectivity index (χ3v) is 2.09. The summed E-state index contributed by atoms with van der Waals surface area (Å²) in [5, 5.41) is 2.87. The van der Waals surface area contributed by atoms with Gasteiger partial charge in [-0.2, -0.15) is 0 Å². The molecule has 0 fully saturated rings. The fourth-order valence-corrected chi connectivity index (χ4v) is 1.39. The Bertz CT molecular complexity index is 476. The number of nitrogens with one attached hydrogen (secondary N) is 1. The first kappa shape index (κ1) is 10.8. The SMILES string of the molecule is CNCc1coc(-c2c(F)cccc2F)n1. The molecule has 16 heavy (non-hydrogen) atoms. The van der Waals surface area contributed by atoms with Crippen LogP contribution in [0.25, 0.3) is 11.5 Å². The molecule has 5 heteroatoms. The summed E-state index contributed by atoms with van der Waals surface area (Å²) >= 11 is 0.